The molecule has 1 saturated carbocycles. The summed E-state index contributed by atoms with van der Waals surface area (Å²) < 4.78 is 10.1. The summed E-state index contributed by atoms with van der Waals surface area (Å²) in [6, 6.07) is 3.69. The van der Waals surface area contributed by atoms with Crippen molar-refractivity contribution in [2.45, 2.75) is 91.5 Å². The van der Waals surface area contributed by atoms with E-state index < -0.39 is 35.7 Å². The fraction of sp³-hybridized carbons (Fsp3) is 0.630. The van der Waals surface area contributed by atoms with Crippen molar-refractivity contribution in [2.75, 3.05) is 13.7 Å². The van der Waals surface area contributed by atoms with Crippen LogP contribution in [-0.4, -0.2) is 60.1 Å². The van der Waals surface area contributed by atoms with Gasteiger partial charge in [-0.05, 0) is 76.5 Å². The first-order valence-electron chi connectivity index (χ1n) is 12.5. The summed E-state index contributed by atoms with van der Waals surface area (Å²) >= 11 is 0. The Morgan fingerprint density at radius 3 is 2.14 bits per heavy atom. The lowest BCUT2D eigenvalue weighted by Crippen LogP contribution is -2.54. The maximum absolute atomic E-state index is 14.1. The number of benzene rings is 1. The van der Waals surface area contributed by atoms with E-state index in [0.29, 0.717) is 12.0 Å². The van der Waals surface area contributed by atoms with E-state index in [9.17, 15) is 19.2 Å². The Kier molecular flexibility index (Phi) is 9.90. The molecule has 0 heterocycles. The molecule has 1 aromatic carbocycles. The minimum atomic E-state index is -0.967. The second-order valence-corrected chi connectivity index (χ2v) is 10.8. The van der Waals surface area contributed by atoms with Gasteiger partial charge in [-0.15, -0.1) is 0 Å². The van der Waals surface area contributed by atoms with Crippen LogP contribution in [0.4, 0.5) is 4.79 Å². The van der Waals surface area contributed by atoms with Gasteiger partial charge in [0, 0.05) is 6.04 Å². The number of nitrogens with zero attached hydrogens (tertiary/aromatic N) is 1. The summed E-state index contributed by atoms with van der Waals surface area (Å²) in [5, 5.41) is 5.38. The number of aryl methyl sites for hydroxylation is 2. The Balaban J connectivity index is 2.50. The van der Waals surface area contributed by atoms with E-state index in [4.69, 9.17) is 4.74 Å². The lowest BCUT2D eigenvalue weighted by Gasteiger charge is -2.36. The van der Waals surface area contributed by atoms with Crippen LogP contribution in [0.5, 0.6) is 0 Å². The van der Waals surface area contributed by atoms with E-state index in [0.717, 1.165) is 24.0 Å². The molecule has 9 nitrogen and oxygen atoms in total. The number of carbonyl (C=O) groups is 4. The molecule has 2 atom stereocenters. The Bertz CT molecular complexity index is 944. The molecule has 2 unspecified atom stereocenters. The summed E-state index contributed by atoms with van der Waals surface area (Å²) in [5.74, 6) is -1.31. The summed E-state index contributed by atoms with van der Waals surface area (Å²) in [4.78, 5) is 53.6. The molecule has 0 saturated heterocycles. The van der Waals surface area contributed by atoms with Crippen LogP contribution in [0.1, 0.15) is 76.6 Å². The third-order valence-electron chi connectivity index (χ3n) is 5.87. The standard InChI is InChI=1S/C27H41N3O6/c1-16(2)14-20(29-26(34)36-27(5,6)7)25(33)30(19-12-13-19)23(24(32)28-15-21(31)35-8)22-17(3)10-9-11-18(22)4/h9-11,16,19-20,23H,12-15H2,1-8H3,(H,28,32)(H,29,34). The molecule has 1 aliphatic carbocycles. The predicted octanol–water partition coefficient (Wildman–Crippen LogP) is 3.56. The minimum absolute atomic E-state index is 0.0988. The number of nitrogens with one attached hydrogen (secondary N) is 2. The van der Waals surface area contributed by atoms with Crippen LogP contribution in [0.2, 0.25) is 0 Å². The van der Waals surface area contributed by atoms with Crippen molar-refractivity contribution in [2.24, 2.45) is 5.92 Å². The molecule has 0 aliphatic heterocycles. The van der Waals surface area contributed by atoms with Gasteiger partial charge in [-0.1, -0.05) is 32.0 Å². The van der Waals surface area contributed by atoms with Gasteiger partial charge in [0.15, 0.2) is 0 Å². The number of rotatable bonds is 10. The zero-order valence-electron chi connectivity index (χ0n) is 22.8. The minimum Gasteiger partial charge on any atom is -0.468 e. The lowest BCUT2D eigenvalue weighted by molar-refractivity contribution is -0.145. The van der Waals surface area contributed by atoms with Gasteiger partial charge >= 0.3 is 12.1 Å². The van der Waals surface area contributed by atoms with Gasteiger partial charge in [0.25, 0.3) is 0 Å². The molecule has 9 heteroatoms. The average molecular weight is 504 g/mol. The fourth-order valence-electron chi connectivity index (χ4n) is 4.18. The van der Waals surface area contributed by atoms with Crippen molar-refractivity contribution in [3.05, 3.63) is 34.9 Å². The smallest absolute Gasteiger partial charge is 0.408 e. The molecule has 0 aromatic heterocycles. The summed E-state index contributed by atoms with van der Waals surface area (Å²) in [5.41, 5.74) is 1.69. The molecule has 1 fully saturated rings. The molecular weight excluding hydrogens is 462 g/mol. The molecule has 2 N–H and O–H groups in total. The second kappa shape index (κ2) is 12.2. The zero-order chi connectivity index (χ0) is 27.2. The number of ether oxygens (including phenoxy) is 2. The number of alkyl carbamates (subject to hydrolysis) is 1. The highest BCUT2D eigenvalue weighted by molar-refractivity contribution is 5.94. The predicted molar refractivity (Wildman–Crippen MR) is 136 cm³/mol. The van der Waals surface area contributed by atoms with Gasteiger partial charge in [-0.25, -0.2) is 4.79 Å². The van der Waals surface area contributed by atoms with Gasteiger partial charge in [-0.3, -0.25) is 14.4 Å². The maximum Gasteiger partial charge on any atom is 0.408 e. The first-order valence-corrected chi connectivity index (χ1v) is 12.5. The first kappa shape index (κ1) is 29.1. The van der Waals surface area contributed by atoms with Crippen LogP contribution >= 0.6 is 0 Å². The summed E-state index contributed by atoms with van der Waals surface area (Å²) in [7, 11) is 1.25. The van der Waals surface area contributed by atoms with E-state index in [2.05, 4.69) is 15.4 Å². The van der Waals surface area contributed by atoms with E-state index >= 15 is 0 Å². The number of methoxy groups -OCH3 is 1. The van der Waals surface area contributed by atoms with Gasteiger partial charge in [-0.2, -0.15) is 0 Å². The van der Waals surface area contributed by atoms with Crippen molar-refractivity contribution >= 4 is 23.9 Å². The largest absolute Gasteiger partial charge is 0.468 e. The van der Waals surface area contributed by atoms with Crippen LogP contribution in [-0.2, 0) is 23.9 Å². The molecular formula is C27H41N3O6. The van der Waals surface area contributed by atoms with Crippen LogP contribution in [0.15, 0.2) is 18.2 Å². The second-order valence-electron chi connectivity index (χ2n) is 10.8. The molecule has 2 rings (SSSR count). The lowest BCUT2D eigenvalue weighted by atomic mass is 9.93. The monoisotopic (exact) mass is 503 g/mol. The van der Waals surface area contributed by atoms with Crippen LogP contribution in [0, 0.1) is 19.8 Å². The van der Waals surface area contributed by atoms with Gasteiger partial charge < -0.3 is 25.0 Å². The van der Waals surface area contributed by atoms with Crippen molar-refractivity contribution in [1.29, 1.82) is 0 Å². The van der Waals surface area contributed by atoms with Crippen LogP contribution < -0.4 is 10.6 Å². The third-order valence-corrected chi connectivity index (χ3v) is 5.87. The Morgan fingerprint density at radius 1 is 1.08 bits per heavy atom. The van der Waals surface area contributed by atoms with Crippen molar-refractivity contribution in [3.63, 3.8) is 0 Å². The number of esters is 1. The molecule has 36 heavy (non-hydrogen) atoms. The zero-order valence-corrected chi connectivity index (χ0v) is 22.8. The Hall–Kier alpha value is -3.10. The normalized spacial score (nSPS) is 15.0. The van der Waals surface area contributed by atoms with Crippen molar-refractivity contribution in [1.82, 2.24) is 15.5 Å². The molecule has 200 valence electrons. The van der Waals surface area contributed by atoms with Crippen LogP contribution in [0.3, 0.4) is 0 Å². The van der Waals surface area contributed by atoms with Crippen molar-refractivity contribution in [3.8, 4) is 0 Å². The number of carbonyl (C=O) groups excluding carboxylic acids is 4. The summed E-state index contributed by atoms with van der Waals surface area (Å²) in [6.07, 6.45) is 1.19. The number of hydrogen-bond acceptors (Lipinski definition) is 6. The van der Waals surface area contributed by atoms with E-state index in [1.54, 1.807) is 25.7 Å². The van der Waals surface area contributed by atoms with Gasteiger partial charge in [0.1, 0.15) is 24.2 Å². The topological polar surface area (TPSA) is 114 Å². The number of hydrogen-bond donors (Lipinski definition) is 2. The van der Waals surface area contributed by atoms with Crippen molar-refractivity contribution < 1.29 is 28.7 Å². The average Bonchev–Trinajstić information content (AvgIpc) is 3.59. The molecule has 1 aliphatic rings. The highest BCUT2D eigenvalue weighted by Crippen LogP contribution is 2.38. The molecule has 3 amide bonds. The highest BCUT2D eigenvalue weighted by atomic mass is 16.6. The van der Waals surface area contributed by atoms with Gasteiger partial charge in [0.05, 0.1) is 7.11 Å². The Labute approximate surface area is 214 Å². The molecule has 1 aromatic rings. The SMILES string of the molecule is COC(=O)CNC(=O)C(c1c(C)cccc1C)N(C(=O)C(CC(C)C)NC(=O)OC(C)(C)C)C1CC1. The highest BCUT2D eigenvalue weighted by Gasteiger charge is 2.45. The first-order chi connectivity index (χ1) is 16.7. The third kappa shape index (κ3) is 8.24. The van der Waals surface area contributed by atoms with E-state index in [1.165, 1.54) is 7.11 Å². The maximum atomic E-state index is 14.1. The van der Waals surface area contributed by atoms with Crippen LogP contribution in [0.25, 0.3) is 0 Å². The quantitative estimate of drug-likeness (QED) is 0.472. The molecule has 0 spiro atoms. The van der Waals surface area contributed by atoms with E-state index in [-0.39, 0.29) is 24.4 Å². The fourth-order valence-corrected chi connectivity index (χ4v) is 4.18. The molecule has 0 bridgehead atoms. The Morgan fingerprint density at radius 2 is 1.67 bits per heavy atom. The molecule has 0 radical (unpaired) electrons. The summed E-state index contributed by atoms with van der Waals surface area (Å²) in [6.45, 7) is 12.7. The van der Waals surface area contributed by atoms with E-state index in [1.807, 2.05) is 45.9 Å². The van der Waals surface area contributed by atoms with Gasteiger partial charge in [0.2, 0.25) is 11.8 Å². The number of amides is 3.